The number of nitrogens with one attached hydrogen (secondary N) is 1. The van der Waals surface area contributed by atoms with Crippen molar-refractivity contribution in [2.45, 2.75) is 19.8 Å². The molecule has 0 amide bonds. The second-order valence-corrected chi connectivity index (χ2v) is 4.49. The molecule has 0 saturated carbocycles. The van der Waals surface area contributed by atoms with Gasteiger partial charge in [-0.15, -0.1) is 0 Å². The third-order valence-electron chi connectivity index (χ3n) is 3.13. The van der Waals surface area contributed by atoms with Crippen LogP contribution in [0.1, 0.15) is 29.5 Å². The molecule has 0 aliphatic heterocycles. The Labute approximate surface area is 113 Å². The first-order valence-corrected chi connectivity index (χ1v) is 6.54. The lowest BCUT2D eigenvalue weighted by Gasteiger charge is -2.07. The van der Waals surface area contributed by atoms with E-state index in [0.29, 0.717) is 6.42 Å². The zero-order valence-electron chi connectivity index (χ0n) is 11.4. The van der Waals surface area contributed by atoms with E-state index in [1.54, 1.807) is 6.20 Å². The van der Waals surface area contributed by atoms with E-state index in [2.05, 4.69) is 10.3 Å². The van der Waals surface area contributed by atoms with E-state index in [4.69, 9.17) is 0 Å². The van der Waals surface area contributed by atoms with Gasteiger partial charge in [0.05, 0.1) is 0 Å². The van der Waals surface area contributed by atoms with Gasteiger partial charge in [0, 0.05) is 50.1 Å². The van der Waals surface area contributed by atoms with E-state index in [9.17, 15) is 4.79 Å². The SMILES string of the molecule is CCC(=O)c1ccc(NCCc2nccn2C)cc1. The Bertz CT molecular complexity index is 543. The van der Waals surface area contributed by atoms with Crippen LogP contribution >= 0.6 is 0 Å². The maximum atomic E-state index is 11.5. The van der Waals surface area contributed by atoms with Crippen molar-refractivity contribution in [2.75, 3.05) is 11.9 Å². The van der Waals surface area contributed by atoms with Crippen LogP contribution in [0.4, 0.5) is 5.69 Å². The Morgan fingerprint density at radius 1 is 1.32 bits per heavy atom. The second-order valence-electron chi connectivity index (χ2n) is 4.49. The van der Waals surface area contributed by atoms with Crippen molar-refractivity contribution in [2.24, 2.45) is 7.05 Å². The van der Waals surface area contributed by atoms with E-state index in [-0.39, 0.29) is 5.78 Å². The molecule has 2 aromatic rings. The molecule has 0 aliphatic carbocycles. The molecule has 100 valence electrons. The molecule has 0 unspecified atom stereocenters. The molecule has 0 atom stereocenters. The number of anilines is 1. The fourth-order valence-corrected chi connectivity index (χ4v) is 1.93. The van der Waals surface area contributed by atoms with Gasteiger partial charge in [-0.1, -0.05) is 6.92 Å². The summed E-state index contributed by atoms with van der Waals surface area (Å²) in [6, 6.07) is 7.63. The third-order valence-corrected chi connectivity index (χ3v) is 3.13. The molecule has 0 bridgehead atoms. The molecule has 1 N–H and O–H groups in total. The Balaban J connectivity index is 1.86. The summed E-state index contributed by atoms with van der Waals surface area (Å²) < 4.78 is 2.02. The van der Waals surface area contributed by atoms with Crippen LogP contribution in [0.5, 0.6) is 0 Å². The molecule has 1 aromatic heterocycles. The highest BCUT2D eigenvalue weighted by atomic mass is 16.1. The topological polar surface area (TPSA) is 46.9 Å². The van der Waals surface area contributed by atoms with Crippen LogP contribution in [0.15, 0.2) is 36.7 Å². The highest BCUT2D eigenvalue weighted by molar-refractivity contribution is 5.96. The molecule has 0 saturated heterocycles. The molecule has 0 aliphatic rings. The molecular weight excluding hydrogens is 238 g/mol. The molecule has 19 heavy (non-hydrogen) atoms. The van der Waals surface area contributed by atoms with Crippen molar-refractivity contribution in [1.29, 1.82) is 0 Å². The number of carbonyl (C=O) groups is 1. The normalized spacial score (nSPS) is 10.4. The number of imidazole rings is 1. The van der Waals surface area contributed by atoms with E-state index in [1.807, 2.05) is 49.0 Å². The highest BCUT2D eigenvalue weighted by Gasteiger charge is 2.02. The summed E-state index contributed by atoms with van der Waals surface area (Å²) in [7, 11) is 1.99. The molecule has 2 rings (SSSR count). The van der Waals surface area contributed by atoms with Crippen LogP contribution in [0, 0.1) is 0 Å². The van der Waals surface area contributed by atoms with Gasteiger partial charge in [-0.3, -0.25) is 4.79 Å². The standard InChI is InChI=1S/C15H19N3O/c1-3-14(19)12-4-6-13(7-5-12)16-9-8-15-17-10-11-18(15)2/h4-7,10-11,16H,3,8-9H2,1-2H3. The van der Waals surface area contributed by atoms with Gasteiger partial charge in [-0.25, -0.2) is 4.98 Å². The summed E-state index contributed by atoms with van der Waals surface area (Å²) in [6.45, 7) is 2.70. The summed E-state index contributed by atoms with van der Waals surface area (Å²) >= 11 is 0. The highest BCUT2D eigenvalue weighted by Crippen LogP contribution is 2.11. The number of rotatable bonds is 6. The maximum Gasteiger partial charge on any atom is 0.162 e. The average molecular weight is 257 g/mol. The zero-order chi connectivity index (χ0) is 13.7. The number of benzene rings is 1. The third kappa shape index (κ3) is 3.44. The number of carbonyl (C=O) groups excluding carboxylic acids is 1. The molecule has 0 radical (unpaired) electrons. The van der Waals surface area contributed by atoms with Crippen LogP contribution in [0.25, 0.3) is 0 Å². The fraction of sp³-hybridized carbons (Fsp3) is 0.333. The minimum Gasteiger partial charge on any atom is -0.385 e. The van der Waals surface area contributed by atoms with Gasteiger partial charge in [-0.05, 0) is 24.3 Å². The monoisotopic (exact) mass is 257 g/mol. The summed E-state index contributed by atoms with van der Waals surface area (Å²) in [5.74, 6) is 1.24. The average Bonchev–Trinajstić information content (AvgIpc) is 2.84. The zero-order valence-corrected chi connectivity index (χ0v) is 11.4. The lowest BCUT2D eigenvalue weighted by molar-refractivity contribution is 0.0988. The largest absolute Gasteiger partial charge is 0.385 e. The Morgan fingerprint density at radius 3 is 2.63 bits per heavy atom. The first kappa shape index (κ1) is 13.3. The van der Waals surface area contributed by atoms with Crippen molar-refractivity contribution in [3.8, 4) is 0 Å². The number of aryl methyl sites for hydroxylation is 1. The predicted molar refractivity (Wildman–Crippen MR) is 76.5 cm³/mol. The lowest BCUT2D eigenvalue weighted by atomic mass is 10.1. The summed E-state index contributed by atoms with van der Waals surface area (Å²) in [5, 5.41) is 3.33. The molecule has 0 fully saturated rings. The number of aromatic nitrogens is 2. The first-order valence-electron chi connectivity index (χ1n) is 6.54. The Morgan fingerprint density at radius 2 is 2.05 bits per heavy atom. The van der Waals surface area contributed by atoms with Crippen molar-refractivity contribution < 1.29 is 4.79 Å². The first-order chi connectivity index (χ1) is 9.20. The van der Waals surface area contributed by atoms with Gasteiger partial charge in [0.15, 0.2) is 5.78 Å². The van der Waals surface area contributed by atoms with Crippen LogP contribution in [0.2, 0.25) is 0 Å². The molecule has 4 nitrogen and oxygen atoms in total. The second kappa shape index (κ2) is 6.18. The van der Waals surface area contributed by atoms with Crippen LogP contribution < -0.4 is 5.32 Å². The van der Waals surface area contributed by atoms with E-state index >= 15 is 0 Å². The summed E-state index contributed by atoms with van der Waals surface area (Å²) in [6.07, 6.45) is 5.17. The Kier molecular flexibility index (Phi) is 4.34. The smallest absolute Gasteiger partial charge is 0.162 e. The van der Waals surface area contributed by atoms with Crippen LogP contribution in [-0.2, 0) is 13.5 Å². The van der Waals surface area contributed by atoms with Gasteiger partial charge in [-0.2, -0.15) is 0 Å². The number of hydrogen-bond donors (Lipinski definition) is 1. The van der Waals surface area contributed by atoms with E-state index in [0.717, 1.165) is 30.0 Å². The molecule has 1 heterocycles. The van der Waals surface area contributed by atoms with Crippen LogP contribution in [0.3, 0.4) is 0 Å². The van der Waals surface area contributed by atoms with Crippen molar-refractivity contribution in [1.82, 2.24) is 9.55 Å². The number of Topliss-reactive ketones (excluding diaryl/α,β-unsaturated/α-hetero) is 1. The van der Waals surface area contributed by atoms with E-state index in [1.165, 1.54) is 0 Å². The van der Waals surface area contributed by atoms with Gasteiger partial charge >= 0.3 is 0 Å². The summed E-state index contributed by atoms with van der Waals surface area (Å²) in [5.41, 5.74) is 1.80. The number of nitrogens with zero attached hydrogens (tertiary/aromatic N) is 2. The summed E-state index contributed by atoms with van der Waals surface area (Å²) in [4.78, 5) is 15.8. The quantitative estimate of drug-likeness (QED) is 0.809. The molecule has 1 aromatic carbocycles. The molecule has 0 spiro atoms. The minimum atomic E-state index is 0.180. The predicted octanol–water partition coefficient (Wildman–Crippen LogP) is 2.67. The molecular formula is C15H19N3O. The van der Waals surface area contributed by atoms with Gasteiger partial charge in [0.1, 0.15) is 5.82 Å². The number of hydrogen-bond acceptors (Lipinski definition) is 3. The minimum absolute atomic E-state index is 0.180. The van der Waals surface area contributed by atoms with Gasteiger partial charge in [0.2, 0.25) is 0 Å². The van der Waals surface area contributed by atoms with E-state index < -0.39 is 0 Å². The Hall–Kier alpha value is -2.10. The lowest BCUT2D eigenvalue weighted by Crippen LogP contribution is -2.08. The van der Waals surface area contributed by atoms with Gasteiger partial charge in [0.25, 0.3) is 0 Å². The number of ketones is 1. The van der Waals surface area contributed by atoms with Gasteiger partial charge < -0.3 is 9.88 Å². The maximum absolute atomic E-state index is 11.5. The fourth-order valence-electron chi connectivity index (χ4n) is 1.93. The van der Waals surface area contributed by atoms with Crippen molar-refractivity contribution in [3.63, 3.8) is 0 Å². The van der Waals surface area contributed by atoms with Crippen molar-refractivity contribution in [3.05, 3.63) is 48.0 Å². The molecule has 4 heteroatoms. The van der Waals surface area contributed by atoms with Crippen molar-refractivity contribution >= 4 is 11.5 Å². The van der Waals surface area contributed by atoms with Crippen LogP contribution in [-0.4, -0.2) is 21.9 Å².